The van der Waals surface area contributed by atoms with Crippen molar-refractivity contribution in [2.75, 3.05) is 4.72 Å². The lowest BCUT2D eigenvalue weighted by Crippen LogP contribution is -2.13. The predicted octanol–water partition coefficient (Wildman–Crippen LogP) is 5.95. The first kappa shape index (κ1) is 20.8. The number of para-hydroxylation sites is 1. The van der Waals surface area contributed by atoms with Crippen molar-refractivity contribution in [2.24, 2.45) is 0 Å². The molecule has 0 bridgehead atoms. The molecule has 3 aromatic rings. The summed E-state index contributed by atoms with van der Waals surface area (Å²) in [7, 11) is -3.63. The zero-order chi connectivity index (χ0) is 20.1. The van der Waals surface area contributed by atoms with E-state index in [1.165, 1.54) is 0 Å². The zero-order valence-corrected chi connectivity index (χ0v) is 17.9. The van der Waals surface area contributed by atoms with Crippen LogP contribution in [0.2, 0.25) is 10.0 Å². The third-order valence-electron chi connectivity index (χ3n) is 4.06. The van der Waals surface area contributed by atoms with Gasteiger partial charge in [-0.3, -0.25) is 4.72 Å². The number of hydrogen-bond acceptors (Lipinski definition) is 3. The van der Waals surface area contributed by atoms with Gasteiger partial charge in [0.1, 0.15) is 0 Å². The van der Waals surface area contributed by atoms with E-state index in [2.05, 4.69) is 4.72 Å². The largest absolute Gasteiger partial charge is 0.280 e. The topological polar surface area (TPSA) is 46.2 Å². The summed E-state index contributed by atoms with van der Waals surface area (Å²) in [6, 6.07) is 20.8. The molecule has 0 spiro atoms. The molecule has 28 heavy (non-hydrogen) atoms. The Kier molecular flexibility index (Phi) is 6.73. The quantitative estimate of drug-likeness (QED) is 0.453. The highest BCUT2D eigenvalue weighted by molar-refractivity contribution is 7.92. The highest BCUT2D eigenvalue weighted by Gasteiger charge is 2.14. The highest BCUT2D eigenvalue weighted by atomic mass is 35.5. The van der Waals surface area contributed by atoms with E-state index in [-0.39, 0.29) is 4.90 Å². The summed E-state index contributed by atoms with van der Waals surface area (Å²) in [5.74, 6) is 0. The van der Waals surface area contributed by atoms with Crippen molar-refractivity contribution in [1.82, 2.24) is 0 Å². The molecule has 0 atom stereocenters. The molecule has 0 saturated heterocycles. The lowest BCUT2D eigenvalue weighted by molar-refractivity contribution is 0.601. The van der Waals surface area contributed by atoms with Crippen LogP contribution in [0.3, 0.4) is 0 Å². The molecule has 0 fully saturated rings. The normalized spacial score (nSPS) is 11.2. The zero-order valence-electron chi connectivity index (χ0n) is 14.7. The summed E-state index contributed by atoms with van der Waals surface area (Å²) in [6.07, 6.45) is 1.08. The lowest BCUT2D eigenvalue weighted by Gasteiger charge is -2.10. The summed E-state index contributed by atoms with van der Waals surface area (Å²) in [4.78, 5) is 0.992. The monoisotopic (exact) mass is 449 g/mol. The molecule has 0 unspecified atom stereocenters. The van der Waals surface area contributed by atoms with Crippen molar-refractivity contribution in [3.63, 3.8) is 0 Å². The molecule has 0 aliphatic rings. The van der Waals surface area contributed by atoms with Gasteiger partial charge in [-0.05, 0) is 53.6 Å². The van der Waals surface area contributed by atoms with Gasteiger partial charge >= 0.3 is 0 Å². The molecule has 144 valence electrons. The number of sulfonamides is 1. The molecule has 1 N–H and O–H groups in total. The molecule has 0 aromatic heterocycles. The smallest absolute Gasteiger partial charge is 0.261 e. The Morgan fingerprint density at radius 3 is 2.25 bits per heavy atom. The van der Waals surface area contributed by atoms with Crippen LogP contribution in [0.25, 0.3) is 0 Å². The van der Waals surface area contributed by atoms with Crippen LogP contribution in [0.5, 0.6) is 0 Å². The van der Waals surface area contributed by atoms with Crippen LogP contribution >= 0.6 is 35.4 Å². The number of nitrogens with one attached hydrogen (secondary N) is 1. The third kappa shape index (κ3) is 5.55. The summed E-state index contributed by atoms with van der Waals surface area (Å²) in [5, 5.41) is 1.24. The van der Waals surface area contributed by atoms with Crippen molar-refractivity contribution in [2.45, 2.75) is 17.7 Å². The summed E-state index contributed by atoms with van der Waals surface area (Å²) in [6.45, 7) is 0. The molecule has 0 aliphatic carbocycles. The van der Waals surface area contributed by atoms with Crippen LogP contribution in [0.4, 0.5) is 5.69 Å². The number of benzene rings is 3. The predicted molar refractivity (Wildman–Crippen MR) is 120 cm³/mol. The standard InChI is InChI=1S/C21H17Cl2NO2S2/c22-17-8-11-21(23)16(13-17)14-19(27)12-15-6-9-20(10-7-15)28(25,26)24-18-4-2-1-3-5-18/h1-11,13,24H,12,14H2. The number of rotatable bonds is 7. The Labute approximate surface area is 180 Å². The lowest BCUT2D eigenvalue weighted by atomic mass is 10.0. The number of anilines is 1. The van der Waals surface area contributed by atoms with Crippen LogP contribution in [-0.4, -0.2) is 13.3 Å². The number of thiocarbonyl (C=S) groups is 1. The van der Waals surface area contributed by atoms with E-state index in [0.29, 0.717) is 28.6 Å². The van der Waals surface area contributed by atoms with Gasteiger partial charge in [-0.2, -0.15) is 0 Å². The summed E-state index contributed by atoms with van der Waals surface area (Å²) < 4.78 is 27.5. The summed E-state index contributed by atoms with van der Waals surface area (Å²) >= 11 is 17.7. The van der Waals surface area contributed by atoms with Gasteiger partial charge in [-0.25, -0.2) is 8.42 Å². The van der Waals surface area contributed by atoms with Gasteiger partial charge < -0.3 is 0 Å². The molecule has 3 aromatic carbocycles. The summed E-state index contributed by atoms with van der Waals surface area (Å²) in [5.41, 5.74) is 2.33. The molecule has 0 saturated carbocycles. The molecule has 0 aliphatic heterocycles. The first-order chi connectivity index (χ1) is 13.3. The molecular weight excluding hydrogens is 433 g/mol. The van der Waals surface area contributed by atoms with E-state index in [4.69, 9.17) is 35.4 Å². The molecule has 0 heterocycles. The number of halogens is 2. The minimum Gasteiger partial charge on any atom is -0.280 e. The Hall–Kier alpha value is -1.92. The Morgan fingerprint density at radius 2 is 1.57 bits per heavy atom. The van der Waals surface area contributed by atoms with Crippen LogP contribution in [0.1, 0.15) is 11.1 Å². The molecular formula is C21H17Cl2NO2S2. The fraction of sp³-hybridized carbons (Fsp3) is 0.0952. The van der Waals surface area contributed by atoms with E-state index in [0.717, 1.165) is 16.0 Å². The molecule has 0 radical (unpaired) electrons. The van der Waals surface area contributed by atoms with Crippen molar-refractivity contribution >= 4 is 56.0 Å². The average molecular weight is 450 g/mol. The minimum absolute atomic E-state index is 0.198. The van der Waals surface area contributed by atoms with Crippen LogP contribution in [0, 0.1) is 0 Å². The molecule has 3 rings (SSSR count). The first-order valence-electron chi connectivity index (χ1n) is 8.46. The maximum Gasteiger partial charge on any atom is 0.261 e. The van der Waals surface area contributed by atoms with E-state index < -0.39 is 10.0 Å². The van der Waals surface area contributed by atoms with Crippen molar-refractivity contribution in [3.8, 4) is 0 Å². The molecule has 7 heteroatoms. The van der Waals surface area contributed by atoms with Crippen LogP contribution < -0.4 is 4.72 Å². The van der Waals surface area contributed by atoms with Gasteiger partial charge in [-0.1, -0.05) is 65.8 Å². The Balaban J connectivity index is 1.67. The van der Waals surface area contributed by atoms with E-state index in [1.54, 1.807) is 66.7 Å². The third-order valence-corrected chi connectivity index (χ3v) is 6.35. The van der Waals surface area contributed by atoms with Crippen molar-refractivity contribution < 1.29 is 8.42 Å². The van der Waals surface area contributed by atoms with Gasteiger partial charge in [0, 0.05) is 33.4 Å². The molecule has 3 nitrogen and oxygen atoms in total. The van der Waals surface area contributed by atoms with Gasteiger partial charge in [0.15, 0.2) is 0 Å². The Bertz CT molecular complexity index is 1080. The Morgan fingerprint density at radius 1 is 0.893 bits per heavy atom. The van der Waals surface area contributed by atoms with Crippen molar-refractivity contribution in [1.29, 1.82) is 0 Å². The second-order valence-electron chi connectivity index (χ2n) is 6.24. The van der Waals surface area contributed by atoms with Crippen LogP contribution in [0.15, 0.2) is 77.7 Å². The minimum atomic E-state index is -3.63. The second-order valence-corrected chi connectivity index (χ2v) is 9.35. The second kappa shape index (κ2) is 9.05. The van der Waals surface area contributed by atoms with Crippen molar-refractivity contribution in [3.05, 3.63) is 94.0 Å². The maximum atomic E-state index is 12.5. The molecule has 0 amide bonds. The van der Waals surface area contributed by atoms with Gasteiger partial charge in [-0.15, -0.1) is 0 Å². The van der Waals surface area contributed by atoms with Gasteiger partial charge in [0.05, 0.1) is 4.90 Å². The van der Waals surface area contributed by atoms with E-state index in [1.807, 2.05) is 6.07 Å². The van der Waals surface area contributed by atoms with Gasteiger partial charge in [0.2, 0.25) is 0 Å². The van der Waals surface area contributed by atoms with Gasteiger partial charge in [0.25, 0.3) is 10.0 Å². The average Bonchev–Trinajstić information content (AvgIpc) is 2.65. The maximum absolute atomic E-state index is 12.5. The highest BCUT2D eigenvalue weighted by Crippen LogP contribution is 2.22. The van der Waals surface area contributed by atoms with E-state index >= 15 is 0 Å². The van der Waals surface area contributed by atoms with Crippen LogP contribution in [-0.2, 0) is 22.9 Å². The SMILES string of the molecule is O=S(=O)(Nc1ccccc1)c1ccc(CC(=S)Cc2cc(Cl)ccc2Cl)cc1. The number of hydrogen-bond donors (Lipinski definition) is 1. The fourth-order valence-corrected chi connectivity index (χ4v) is 4.45. The van der Waals surface area contributed by atoms with E-state index in [9.17, 15) is 8.42 Å². The first-order valence-corrected chi connectivity index (χ1v) is 11.1. The fourth-order valence-electron chi connectivity index (χ4n) is 2.69.